The molecule has 1 aliphatic carbocycles. The summed E-state index contributed by atoms with van der Waals surface area (Å²) in [6.07, 6.45) is 5.97. The molecule has 1 N–H and O–H groups in total. The van der Waals surface area contributed by atoms with Crippen molar-refractivity contribution in [2.45, 2.75) is 68.1 Å². The molecule has 1 heterocycles. The highest BCUT2D eigenvalue weighted by molar-refractivity contribution is 7.92. The molecule has 2 aliphatic rings. The van der Waals surface area contributed by atoms with E-state index in [0.717, 1.165) is 24.0 Å². The molecule has 0 bridgehead atoms. The molecular formula is C30H36N2O4S2. The van der Waals surface area contributed by atoms with Crippen molar-refractivity contribution < 1.29 is 16.8 Å². The van der Waals surface area contributed by atoms with Gasteiger partial charge in [-0.1, -0.05) is 92.1 Å². The van der Waals surface area contributed by atoms with Gasteiger partial charge in [-0.2, -0.15) is 4.31 Å². The lowest BCUT2D eigenvalue weighted by Crippen LogP contribution is -2.51. The van der Waals surface area contributed by atoms with Crippen LogP contribution in [0.25, 0.3) is 0 Å². The van der Waals surface area contributed by atoms with E-state index in [1.54, 1.807) is 12.1 Å². The third-order valence-corrected chi connectivity index (χ3v) is 11.4. The van der Waals surface area contributed by atoms with Crippen LogP contribution in [0.4, 0.5) is 0 Å². The fourth-order valence-electron chi connectivity index (χ4n) is 5.78. The van der Waals surface area contributed by atoms with E-state index in [2.05, 4.69) is 5.32 Å². The molecule has 6 nitrogen and oxygen atoms in total. The van der Waals surface area contributed by atoms with Gasteiger partial charge in [-0.25, -0.2) is 16.8 Å². The van der Waals surface area contributed by atoms with E-state index in [0.29, 0.717) is 12.5 Å². The number of nitrogens with one attached hydrogen (secondary N) is 1. The zero-order valence-corrected chi connectivity index (χ0v) is 23.2. The Balaban J connectivity index is 1.45. The van der Waals surface area contributed by atoms with Crippen LogP contribution in [-0.2, 0) is 33.0 Å². The summed E-state index contributed by atoms with van der Waals surface area (Å²) < 4.78 is 55.4. The zero-order chi connectivity index (χ0) is 26.6. The second-order valence-corrected chi connectivity index (χ2v) is 14.6. The predicted molar refractivity (Wildman–Crippen MR) is 151 cm³/mol. The van der Waals surface area contributed by atoms with Gasteiger partial charge in [0.15, 0.2) is 9.84 Å². The highest BCUT2D eigenvalue weighted by Gasteiger charge is 2.45. The maximum Gasteiger partial charge on any atom is 0.243 e. The first-order valence-corrected chi connectivity index (χ1v) is 16.7. The van der Waals surface area contributed by atoms with Gasteiger partial charge in [-0.15, -0.1) is 0 Å². The van der Waals surface area contributed by atoms with Gasteiger partial charge in [0.2, 0.25) is 10.0 Å². The van der Waals surface area contributed by atoms with Crippen molar-refractivity contribution in [3.63, 3.8) is 0 Å². The topological polar surface area (TPSA) is 83.6 Å². The van der Waals surface area contributed by atoms with Crippen LogP contribution in [-0.4, -0.2) is 44.7 Å². The fraction of sp³-hybridized carbons (Fsp3) is 0.400. The van der Waals surface area contributed by atoms with Gasteiger partial charge < -0.3 is 5.32 Å². The number of sulfonamides is 1. The van der Waals surface area contributed by atoms with Crippen molar-refractivity contribution in [3.8, 4) is 0 Å². The van der Waals surface area contributed by atoms with Crippen molar-refractivity contribution in [2.75, 3.05) is 11.5 Å². The van der Waals surface area contributed by atoms with Crippen LogP contribution in [0.1, 0.15) is 54.7 Å². The minimum Gasteiger partial charge on any atom is -0.307 e. The smallest absolute Gasteiger partial charge is 0.243 e. The molecule has 0 unspecified atom stereocenters. The molecule has 1 saturated heterocycles. The second kappa shape index (κ2) is 11.7. The van der Waals surface area contributed by atoms with Crippen molar-refractivity contribution in [1.29, 1.82) is 0 Å². The second-order valence-electron chi connectivity index (χ2n) is 10.6. The van der Waals surface area contributed by atoms with Crippen molar-refractivity contribution in [1.82, 2.24) is 9.62 Å². The van der Waals surface area contributed by atoms with E-state index >= 15 is 0 Å². The Bertz CT molecular complexity index is 1400. The van der Waals surface area contributed by atoms with Crippen LogP contribution >= 0.6 is 0 Å². The van der Waals surface area contributed by atoms with Gasteiger partial charge in [0.1, 0.15) is 0 Å². The van der Waals surface area contributed by atoms with E-state index in [1.165, 1.54) is 29.1 Å². The highest BCUT2D eigenvalue weighted by Crippen LogP contribution is 2.34. The highest BCUT2D eigenvalue weighted by atomic mass is 32.2. The van der Waals surface area contributed by atoms with E-state index < -0.39 is 31.9 Å². The predicted octanol–water partition coefficient (Wildman–Crippen LogP) is 4.88. The van der Waals surface area contributed by atoms with Crippen LogP contribution in [0.5, 0.6) is 0 Å². The van der Waals surface area contributed by atoms with Gasteiger partial charge in [0, 0.05) is 19.1 Å². The average molecular weight is 553 g/mol. The minimum atomic E-state index is -3.97. The van der Waals surface area contributed by atoms with E-state index in [1.807, 2.05) is 72.8 Å². The number of benzene rings is 3. The molecular weight excluding hydrogens is 516 g/mol. The molecule has 2 fully saturated rings. The Kier molecular flexibility index (Phi) is 8.33. The number of sulfone groups is 1. The summed E-state index contributed by atoms with van der Waals surface area (Å²) in [6, 6.07) is 25.2. The van der Waals surface area contributed by atoms with Crippen LogP contribution in [0.3, 0.4) is 0 Å². The summed E-state index contributed by atoms with van der Waals surface area (Å²) in [5.74, 6) is 0.185. The Labute approximate surface area is 227 Å². The van der Waals surface area contributed by atoms with E-state index in [-0.39, 0.29) is 22.9 Å². The van der Waals surface area contributed by atoms with Crippen LogP contribution in [0.2, 0.25) is 0 Å². The molecule has 0 amide bonds. The number of hydrogen-bond acceptors (Lipinski definition) is 5. The van der Waals surface area contributed by atoms with Gasteiger partial charge in [0.25, 0.3) is 0 Å². The zero-order valence-electron chi connectivity index (χ0n) is 21.6. The van der Waals surface area contributed by atoms with Gasteiger partial charge in [0.05, 0.1) is 22.4 Å². The minimum absolute atomic E-state index is 0.0913. The summed E-state index contributed by atoms with van der Waals surface area (Å²) in [5, 5.41) is 3.36. The van der Waals surface area contributed by atoms with Crippen molar-refractivity contribution >= 4 is 19.9 Å². The molecule has 3 aromatic carbocycles. The summed E-state index contributed by atoms with van der Waals surface area (Å²) in [5.41, 5.74) is 3.02. The number of nitrogens with zero attached hydrogens (tertiary/aromatic N) is 1. The van der Waals surface area contributed by atoms with Gasteiger partial charge in [-0.05, 0) is 47.6 Å². The van der Waals surface area contributed by atoms with Crippen LogP contribution in [0, 0.1) is 0 Å². The monoisotopic (exact) mass is 552 g/mol. The Morgan fingerprint density at radius 3 is 2.00 bits per heavy atom. The molecule has 0 aromatic heterocycles. The molecule has 5 rings (SSSR count). The first kappa shape index (κ1) is 27.1. The SMILES string of the molecule is O=S1(=O)C[C@H](NCc2ccccc2)[C@H](N(Cc2ccccc2)S(=O)(=O)c2ccc(C3CCCCC3)cc2)C1. The maximum atomic E-state index is 14.1. The fourth-order valence-corrected chi connectivity index (χ4v) is 9.48. The molecule has 2 atom stereocenters. The standard InChI is InChI=1S/C30H36N2O4S2/c33-37(34)22-29(31-20-24-10-4-1-5-11-24)30(23-37)32(21-25-12-6-2-7-13-25)38(35,36)28-18-16-27(17-19-28)26-14-8-3-9-15-26/h1-2,4-7,10-13,16-19,26,29-31H,3,8-9,14-15,20-23H2/t29-,30+/m0/s1. The van der Waals surface area contributed by atoms with Crippen LogP contribution in [0.15, 0.2) is 89.8 Å². The molecule has 38 heavy (non-hydrogen) atoms. The lowest BCUT2D eigenvalue weighted by molar-refractivity contribution is 0.286. The van der Waals surface area contributed by atoms with Gasteiger partial charge in [-0.3, -0.25) is 0 Å². The summed E-state index contributed by atoms with van der Waals surface area (Å²) in [7, 11) is -7.39. The molecule has 8 heteroatoms. The van der Waals surface area contributed by atoms with Crippen molar-refractivity contribution in [2.24, 2.45) is 0 Å². The maximum absolute atomic E-state index is 14.1. The lowest BCUT2D eigenvalue weighted by atomic mass is 9.84. The van der Waals surface area contributed by atoms with E-state index in [9.17, 15) is 16.8 Å². The Morgan fingerprint density at radius 1 is 0.763 bits per heavy atom. The molecule has 1 aliphatic heterocycles. The lowest BCUT2D eigenvalue weighted by Gasteiger charge is -2.32. The normalized spacial score (nSPS) is 22.0. The third-order valence-electron chi connectivity index (χ3n) is 7.85. The van der Waals surface area contributed by atoms with Crippen LogP contribution < -0.4 is 5.32 Å². The Hall–Kier alpha value is -2.52. The van der Waals surface area contributed by atoms with Gasteiger partial charge >= 0.3 is 0 Å². The van der Waals surface area contributed by atoms with Crippen molar-refractivity contribution in [3.05, 3.63) is 102 Å². The number of rotatable bonds is 9. The molecule has 0 radical (unpaired) electrons. The first-order chi connectivity index (χ1) is 18.3. The quantitative estimate of drug-likeness (QED) is 0.409. The molecule has 1 saturated carbocycles. The number of hydrogen-bond donors (Lipinski definition) is 1. The molecule has 202 valence electrons. The average Bonchev–Trinajstić information content (AvgIpc) is 3.26. The third kappa shape index (κ3) is 6.37. The summed E-state index contributed by atoms with van der Waals surface area (Å²) in [4.78, 5) is 0.207. The Morgan fingerprint density at radius 2 is 1.37 bits per heavy atom. The largest absolute Gasteiger partial charge is 0.307 e. The molecule has 0 spiro atoms. The summed E-state index contributed by atoms with van der Waals surface area (Å²) >= 11 is 0. The first-order valence-electron chi connectivity index (χ1n) is 13.5. The molecule has 3 aromatic rings. The van der Waals surface area contributed by atoms with E-state index in [4.69, 9.17) is 0 Å². The summed E-state index contributed by atoms with van der Waals surface area (Å²) in [6.45, 7) is 0.574.